The second kappa shape index (κ2) is 5.44. The van der Waals surface area contributed by atoms with Gasteiger partial charge in [-0.15, -0.1) is 0 Å². The summed E-state index contributed by atoms with van der Waals surface area (Å²) < 4.78 is 27.8. The van der Waals surface area contributed by atoms with Crippen LogP contribution in [-0.4, -0.2) is 26.2 Å². The first-order valence-electron chi connectivity index (χ1n) is 6.53. The molecule has 0 saturated carbocycles. The number of rotatable bonds is 3. The van der Waals surface area contributed by atoms with Crippen molar-refractivity contribution in [3.05, 3.63) is 58.6 Å². The molecule has 0 saturated heterocycles. The Hall–Kier alpha value is -1.37. The summed E-state index contributed by atoms with van der Waals surface area (Å²) in [5.41, 5.74) is 1.58. The van der Waals surface area contributed by atoms with E-state index >= 15 is 0 Å². The van der Waals surface area contributed by atoms with Crippen molar-refractivity contribution in [1.82, 2.24) is 0 Å². The van der Waals surface area contributed by atoms with Gasteiger partial charge in [0.1, 0.15) is 4.90 Å². The molecule has 0 aliphatic carbocycles. The number of para-hydroxylation sites is 1. The number of benzene rings is 2. The third kappa shape index (κ3) is 2.37. The summed E-state index contributed by atoms with van der Waals surface area (Å²) in [6.07, 6.45) is 0.524. The van der Waals surface area contributed by atoms with Crippen LogP contribution < -0.4 is 4.31 Å². The number of fused-ring (bicyclic) bond motifs is 1. The predicted octanol–water partition coefficient (Wildman–Crippen LogP) is 2.56. The van der Waals surface area contributed by atoms with E-state index in [-0.39, 0.29) is 11.5 Å². The Morgan fingerprint density at radius 2 is 1.81 bits per heavy atom. The molecule has 0 amide bonds. The normalized spacial score (nSPS) is 17.8. The van der Waals surface area contributed by atoms with Gasteiger partial charge in [0.15, 0.2) is 0 Å². The number of aliphatic hydroxyl groups excluding tert-OH is 1. The fraction of sp³-hybridized carbons (Fsp3) is 0.200. The molecule has 6 heteroatoms. The summed E-state index contributed by atoms with van der Waals surface area (Å²) in [5.74, 6) is 0. The maximum Gasteiger partial charge on any atom is 0.265 e. The maximum atomic E-state index is 13.0. The minimum Gasteiger partial charge on any atom is -0.394 e. The van der Waals surface area contributed by atoms with E-state index in [2.05, 4.69) is 15.9 Å². The van der Waals surface area contributed by atoms with Gasteiger partial charge in [0, 0.05) is 4.47 Å². The van der Waals surface area contributed by atoms with E-state index in [1.807, 2.05) is 12.1 Å². The van der Waals surface area contributed by atoms with Crippen LogP contribution in [0.4, 0.5) is 5.69 Å². The number of hydrogen-bond acceptors (Lipinski definition) is 3. The highest BCUT2D eigenvalue weighted by atomic mass is 79.9. The van der Waals surface area contributed by atoms with Crippen LogP contribution in [0.2, 0.25) is 0 Å². The molecule has 0 spiro atoms. The van der Waals surface area contributed by atoms with Gasteiger partial charge in [-0.3, -0.25) is 4.31 Å². The molecule has 0 bridgehead atoms. The Balaban J connectivity index is 2.16. The molecule has 21 heavy (non-hydrogen) atoms. The van der Waals surface area contributed by atoms with Gasteiger partial charge in [-0.05, 0) is 46.1 Å². The van der Waals surface area contributed by atoms with E-state index in [0.717, 1.165) is 5.56 Å². The number of aliphatic hydroxyl groups is 1. The van der Waals surface area contributed by atoms with Gasteiger partial charge in [-0.2, -0.15) is 0 Å². The predicted molar refractivity (Wildman–Crippen MR) is 84.8 cm³/mol. The molecule has 1 aliphatic rings. The lowest BCUT2D eigenvalue weighted by Gasteiger charge is -2.26. The second-order valence-corrected chi connectivity index (χ2v) is 7.54. The van der Waals surface area contributed by atoms with E-state index in [9.17, 15) is 13.5 Å². The summed E-state index contributed by atoms with van der Waals surface area (Å²) in [4.78, 5) is 0.208. The van der Waals surface area contributed by atoms with Crippen molar-refractivity contribution >= 4 is 31.6 Å². The molecule has 3 rings (SSSR count). The molecule has 1 atom stereocenters. The van der Waals surface area contributed by atoms with Crippen LogP contribution in [0.1, 0.15) is 5.56 Å². The van der Waals surface area contributed by atoms with Crippen molar-refractivity contribution in [2.45, 2.75) is 17.4 Å². The highest BCUT2D eigenvalue weighted by Gasteiger charge is 2.38. The Morgan fingerprint density at radius 1 is 1.14 bits per heavy atom. The van der Waals surface area contributed by atoms with Crippen LogP contribution in [0.15, 0.2) is 57.9 Å². The highest BCUT2D eigenvalue weighted by molar-refractivity contribution is 9.10. The molecule has 0 radical (unpaired) electrons. The van der Waals surface area contributed by atoms with E-state index < -0.39 is 16.1 Å². The number of halogens is 1. The van der Waals surface area contributed by atoms with Crippen molar-refractivity contribution in [3.8, 4) is 0 Å². The lowest BCUT2D eigenvalue weighted by atomic mass is 10.1. The lowest BCUT2D eigenvalue weighted by Crippen LogP contribution is -2.40. The molecule has 1 aliphatic heterocycles. The van der Waals surface area contributed by atoms with E-state index in [0.29, 0.717) is 16.6 Å². The van der Waals surface area contributed by atoms with Crippen molar-refractivity contribution in [1.29, 1.82) is 0 Å². The smallest absolute Gasteiger partial charge is 0.265 e. The number of sulfonamides is 1. The van der Waals surface area contributed by atoms with Gasteiger partial charge in [-0.1, -0.05) is 30.3 Å². The summed E-state index contributed by atoms with van der Waals surface area (Å²) in [7, 11) is -3.72. The Kier molecular flexibility index (Phi) is 3.77. The molecule has 0 unspecified atom stereocenters. The fourth-order valence-electron chi connectivity index (χ4n) is 2.66. The second-order valence-electron chi connectivity index (χ2n) is 4.90. The van der Waals surface area contributed by atoms with E-state index in [1.165, 1.54) is 4.31 Å². The van der Waals surface area contributed by atoms with Gasteiger partial charge >= 0.3 is 0 Å². The van der Waals surface area contributed by atoms with Crippen LogP contribution in [0.5, 0.6) is 0 Å². The van der Waals surface area contributed by atoms with Crippen LogP contribution in [-0.2, 0) is 16.4 Å². The Labute approximate surface area is 132 Å². The fourth-order valence-corrected chi connectivity index (χ4v) is 5.30. The topological polar surface area (TPSA) is 57.6 Å². The molecule has 4 nitrogen and oxygen atoms in total. The molecule has 0 fully saturated rings. The van der Waals surface area contributed by atoms with Gasteiger partial charge in [-0.25, -0.2) is 8.42 Å². The van der Waals surface area contributed by atoms with Gasteiger partial charge < -0.3 is 5.11 Å². The molecule has 0 aromatic heterocycles. The molecule has 1 heterocycles. The van der Waals surface area contributed by atoms with Crippen LogP contribution in [0.3, 0.4) is 0 Å². The average molecular weight is 368 g/mol. The van der Waals surface area contributed by atoms with Crippen LogP contribution in [0.25, 0.3) is 0 Å². The van der Waals surface area contributed by atoms with Gasteiger partial charge in [0.2, 0.25) is 0 Å². The third-order valence-electron chi connectivity index (χ3n) is 3.60. The van der Waals surface area contributed by atoms with E-state index in [1.54, 1.807) is 36.4 Å². The standard InChI is InChI=1S/C15H14BrNO3S/c16-13-6-2-4-8-15(13)21(19,20)17-12(10-18)9-11-5-1-3-7-14(11)17/h1-8,12,18H,9-10H2/t12-/m0/s1. The molecular formula is C15H14BrNO3S. The zero-order valence-corrected chi connectivity index (χ0v) is 13.5. The SMILES string of the molecule is O=S(=O)(c1ccccc1Br)N1c2ccccc2C[C@H]1CO. The van der Waals surface area contributed by atoms with Gasteiger partial charge in [0.25, 0.3) is 10.0 Å². The van der Waals surface area contributed by atoms with Crippen LogP contribution in [0, 0.1) is 0 Å². The monoisotopic (exact) mass is 367 g/mol. The first kappa shape index (κ1) is 14.6. The summed E-state index contributed by atoms with van der Waals surface area (Å²) >= 11 is 3.29. The maximum absolute atomic E-state index is 13.0. The van der Waals surface area contributed by atoms with Crippen molar-refractivity contribution in [2.75, 3.05) is 10.9 Å². The van der Waals surface area contributed by atoms with Gasteiger partial charge in [0.05, 0.1) is 18.3 Å². The summed E-state index contributed by atoms with van der Waals surface area (Å²) in [6, 6.07) is 13.6. The molecule has 1 N–H and O–H groups in total. The Morgan fingerprint density at radius 3 is 2.52 bits per heavy atom. The number of nitrogens with zero attached hydrogens (tertiary/aromatic N) is 1. The van der Waals surface area contributed by atoms with Crippen LogP contribution >= 0.6 is 15.9 Å². The average Bonchev–Trinajstić information content (AvgIpc) is 2.86. The van der Waals surface area contributed by atoms with Crippen molar-refractivity contribution in [2.24, 2.45) is 0 Å². The molecule has 110 valence electrons. The molecular weight excluding hydrogens is 354 g/mol. The summed E-state index contributed by atoms with van der Waals surface area (Å²) in [5, 5.41) is 9.57. The minimum absolute atomic E-state index is 0.208. The Bertz CT molecular complexity index is 776. The minimum atomic E-state index is -3.72. The zero-order valence-electron chi connectivity index (χ0n) is 11.1. The quantitative estimate of drug-likeness (QED) is 0.906. The number of hydrogen-bond donors (Lipinski definition) is 1. The van der Waals surface area contributed by atoms with Crippen molar-refractivity contribution < 1.29 is 13.5 Å². The van der Waals surface area contributed by atoms with Crippen molar-refractivity contribution in [3.63, 3.8) is 0 Å². The molecule has 2 aromatic carbocycles. The lowest BCUT2D eigenvalue weighted by molar-refractivity contribution is 0.270. The molecule has 2 aromatic rings. The summed E-state index contributed by atoms with van der Waals surface area (Å²) in [6.45, 7) is -0.210. The van der Waals surface area contributed by atoms with E-state index in [4.69, 9.17) is 0 Å². The third-order valence-corrected chi connectivity index (χ3v) is 6.48. The first-order chi connectivity index (χ1) is 10.1. The zero-order chi connectivity index (χ0) is 15.0. The number of anilines is 1. The first-order valence-corrected chi connectivity index (χ1v) is 8.76. The highest BCUT2D eigenvalue weighted by Crippen LogP contribution is 2.37. The largest absolute Gasteiger partial charge is 0.394 e.